The highest BCUT2D eigenvalue weighted by Crippen LogP contribution is 2.22. The summed E-state index contributed by atoms with van der Waals surface area (Å²) in [6.07, 6.45) is 0. The van der Waals surface area contributed by atoms with Crippen LogP contribution in [-0.4, -0.2) is 12.5 Å². The highest BCUT2D eigenvalue weighted by atomic mass is 79.9. The summed E-state index contributed by atoms with van der Waals surface area (Å²) in [5, 5.41) is 3.34. The molecular formula is C15H14BrClN2O2. The van der Waals surface area contributed by atoms with Crippen molar-refractivity contribution in [3.05, 3.63) is 57.5 Å². The van der Waals surface area contributed by atoms with Crippen molar-refractivity contribution in [3.63, 3.8) is 0 Å². The van der Waals surface area contributed by atoms with E-state index in [4.69, 9.17) is 22.1 Å². The van der Waals surface area contributed by atoms with Gasteiger partial charge < -0.3 is 15.8 Å². The number of hydrogen-bond donors (Lipinski definition) is 2. The van der Waals surface area contributed by atoms with E-state index >= 15 is 0 Å². The Labute approximate surface area is 136 Å². The van der Waals surface area contributed by atoms with E-state index in [0.717, 1.165) is 10.0 Å². The van der Waals surface area contributed by atoms with Gasteiger partial charge in [-0.25, -0.2) is 0 Å². The average Bonchev–Trinajstić information content (AvgIpc) is 2.48. The second kappa shape index (κ2) is 7.45. The predicted octanol–water partition coefficient (Wildman–Crippen LogP) is 3.58. The van der Waals surface area contributed by atoms with E-state index < -0.39 is 0 Å². The standard InChI is InChI=1S/C15H14BrClN2O2/c16-11-1-6-14(10(7-11)8-18)21-9-15(20)19-13-4-2-12(17)3-5-13/h1-7H,8-9,18H2,(H,19,20). The lowest BCUT2D eigenvalue weighted by atomic mass is 10.2. The SMILES string of the molecule is NCc1cc(Br)ccc1OCC(=O)Nc1ccc(Cl)cc1. The summed E-state index contributed by atoms with van der Waals surface area (Å²) in [4.78, 5) is 11.8. The molecule has 4 nitrogen and oxygen atoms in total. The van der Waals surface area contributed by atoms with Crippen LogP contribution < -0.4 is 15.8 Å². The van der Waals surface area contributed by atoms with Crippen LogP contribution in [-0.2, 0) is 11.3 Å². The van der Waals surface area contributed by atoms with Gasteiger partial charge in [-0.15, -0.1) is 0 Å². The molecule has 0 radical (unpaired) electrons. The van der Waals surface area contributed by atoms with Crippen molar-refractivity contribution in [2.45, 2.75) is 6.54 Å². The molecule has 0 saturated carbocycles. The average molecular weight is 370 g/mol. The first-order chi connectivity index (χ1) is 10.1. The van der Waals surface area contributed by atoms with Gasteiger partial charge in [0.1, 0.15) is 5.75 Å². The van der Waals surface area contributed by atoms with E-state index in [9.17, 15) is 4.79 Å². The normalized spacial score (nSPS) is 10.2. The topological polar surface area (TPSA) is 64.3 Å². The Morgan fingerprint density at radius 1 is 1.24 bits per heavy atom. The third-order valence-corrected chi connectivity index (χ3v) is 3.47. The zero-order valence-electron chi connectivity index (χ0n) is 11.1. The van der Waals surface area contributed by atoms with Gasteiger partial charge in [0, 0.05) is 27.3 Å². The fourth-order valence-corrected chi connectivity index (χ4v) is 2.26. The van der Waals surface area contributed by atoms with Gasteiger partial charge >= 0.3 is 0 Å². The number of rotatable bonds is 5. The Morgan fingerprint density at radius 2 is 1.95 bits per heavy atom. The van der Waals surface area contributed by atoms with Crippen LogP contribution in [0.4, 0.5) is 5.69 Å². The number of carbonyl (C=O) groups is 1. The van der Waals surface area contributed by atoms with Crippen molar-refractivity contribution >= 4 is 39.1 Å². The second-order valence-corrected chi connectivity index (χ2v) is 5.65. The predicted molar refractivity (Wildman–Crippen MR) is 87.6 cm³/mol. The van der Waals surface area contributed by atoms with E-state index in [0.29, 0.717) is 23.0 Å². The first-order valence-corrected chi connectivity index (χ1v) is 7.42. The molecule has 0 bridgehead atoms. The number of benzene rings is 2. The summed E-state index contributed by atoms with van der Waals surface area (Å²) in [6.45, 7) is 0.255. The van der Waals surface area contributed by atoms with Crippen LogP contribution in [0.5, 0.6) is 5.75 Å². The van der Waals surface area contributed by atoms with Crippen molar-refractivity contribution in [2.24, 2.45) is 5.73 Å². The van der Waals surface area contributed by atoms with Crippen LogP contribution in [0.2, 0.25) is 5.02 Å². The Kier molecular flexibility index (Phi) is 5.61. The molecule has 0 spiro atoms. The minimum absolute atomic E-state index is 0.0861. The fourth-order valence-electron chi connectivity index (χ4n) is 1.72. The van der Waals surface area contributed by atoms with Gasteiger partial charge in [-0.1, -0.05) is 27.5 Å². The fraction of sp³-hybridized carbons (Fsp3) is 0.133. The molecule has 110 valence electrons. The molecule has 0 aromatic heterocycles. The molecule has 0 aliphatic rings. The van der Waals surface area contributed by atoms with Crippen molar-refractivity contribution in [3.8, 4) is 5.75 Å². The molecule has 2 rings (SSSR count). The molecular weight excluding hydrogens is 356 g/mol. The maximum absolute atomic E-state index is 11.8. The largest absolute Gasteiger partial charge is 0.483 e. The molecule has 21 heavy (non-hydrogen) atoms. The number of ether oxygens (including phenoxy) is 1. The van der Waals surface area contributed by atoms with E-state index in [1.165, 1.54) is 0 Å². The summed E-state index contributed by atoms with van der Waals surface area (Å²) in [5.74, 6) is 0.357. The summed E-state index contributed by atoms with van der Waals surface area (Å²) < 4.78 is 6.42. The molecule has 0 unspecified atom stereocenters. The Hall–Kier alpha value is -1.56. The van der Waals surface area contributed by atoms with E-state index in [1.54, 1.807) is 30.3 Å². The molecule has 0 saturated heterocycles. The lowest BCUT2D eigenvalue weighted by Crippen LogP contribution is -2.20. The van der Waals surface area contributed by atoms with Crippen LogP contribution in [0.1, 0.15) is 5.56 Å². The number of nitrogens with two attached hydrogens (primary N) is 1. The van der Waals surface area contributed by atoms with Gasteiger partial charge in [0.05, 0.1) is 0 Å². The molecule has 3 N–H and O–H groups in total. The van der Waals surface area contributed by atoms with Gasteiger partial charge in [0.15, 0.2) is 6.61 Å². The quantitative estimate of drug-likeness (QED) is 0.846. The third kappa shape index (κ3) is 4.74. The Bertz CT molecular complexity index is 632. The molecule has 0 atom stereocenters. The van der Waals surface area contributed by atoms with Gasteiger partial charge in [-0.05, 0) is 42.5 Å². The van der Waals surface area contributed by atoms with Crippen molar-refractivity contribution in [1.29, 1.82) is 0 Å². The Morgan fingerprint density at radius 3 is 2.62 bits per heavy atom. The van der Waals surface area contributed by atoms with Crippen molar-refractivity contribution in [2.75, 3.05) is 11.9 Å². The summed E-state index contributed by atoms with van der Waals surface area (Å²) in [6, 6.07) is 12.4. The number of hydrogen-bond acceptors (Lipinski definition) is 3. The second-order valence-electron chi connectivity index (χ2n) is 4.30. The number of nitrogens with one attached hydrogen (secondary N) is 1. The lowest BCUT2D eigenvalue weighted by molar-refractivity contribution is -0.118. The smallest absolute Gasteiger partial charge is 0.262 e. The molecule has 2 aromatic carbocycles. The summed E-state index contributed by atoms with van der Waals surface area (Å²) in [5.41, 5.74) is 7.16. The molecule has 6 heteroatoms. The highest BCUT2D eigenvalue weighted by molar-refractivity contribution is 9.10. The number of anilines is 1. The van der Waals surface area contributed by atoms with Crippen LogP contribution in [0.15, 0.2) is 46.9 Å². The van der Waals surface area contributed by atoms with Gasteiger partial charge in [-0.3, -0.25) is 4.79 Å². The Balaban J connectivity index is 1.93. The maximum atomic E-state index is 11.8. The van der Waals surface area contributed by atoms with E-state index in [2.05, 4.69) is 21.2 Å². The molecule has 0 heterocycles. The summed E-state index contributed by atoms with van der Waals surface area (Å²) >= 11 is 9.15. The van der Waals surface area contributed by atoms with Crippen LogP contribution in [0.3, 0.4) is 0 Å². The van der Waals surface area contributed by atoms with Gasteiger partial charge in [0.2, 0.25) is 0 Å². The maximum Gasteiger partial charge on any atom is 0.262 e. The number of carbonyl (C=O) groups excluding carboxylic acids is 1. The van der Waals surface area contributed by atoms with Crippen molar-refractivity contribution in [1.82, 2.24) is 0 Å². The molecule has 1 amide bonds. The summed E-state index contributed by atoms with van der Waals surface area (Å²) in [7, 11) is 0. The molecule has 2 aromatic rings. The zero-order valence-corrected chi connectivity index (χ0v) is 13.4. The number of halogens is 2. The van der Waals surface area contributed by atoms with Crippen LogP contribution in [0, 0.1) is 0 Å². The van der Waals surface area contributed by atoms with Crippen LogP contribution in [0.25, 0.3) is 0 Å². The van der Waals surface area contributed by atoms with E-state index in [1.807, 2.05) is 12.1 Å². The first kappa shape index (κ1) is 15.8. The molecule has 0 fully saturated rings. The third-order valence-electron chi connectivity index (χ3n) is 2.73. The lowest BCUT2D eigenvalue weighted by Gasteiger charge is -2.11. The van der Waals surface area contributed by atoms with Crippen LogP contribution >= 0.6 is 27.5 Å². The van der Waals surface area contributed by atoms with Crippen molar-refractivity contribution < 1.29 is 9.53 Å². The minimum atomic E-state index is -0.247. The first-order valence-electron chi connectivity index (χ1n) is 6.25. The molecule has 0 aliphatic carbocycles. The molecule has 0 aliphatic heterocycles. The minimum Gasteiger partial charge on any atom is -0.483 e. The highest BCUT2D eigenvalue weighted by Gasteiger charge is 2.07. The van der Waals surface area contributed by atoms with Gasteiger partial charge in [-0.2, -0.15) is 0 Å². The monoisotopic (exact) mass is 368 g/mol. The van der Waals surface area contributed by atoms with Gasteiger partial charge in [0.25, 0.3) is 5.91 Å². The number of amides is 1. The van der Waals surface area contributed by atoms with E-state index in [-0.39, 0.29) is 12.5 Å². The zero-order chi connectivity index (χ0) is 15.2.